The fraction of sp³-hybridized carbons (Fsp3) is 0.667. The minimum atomic E-state index is -0.0988. The summed E-state index contributed by atoms with van der Waals surface area (Å²) >= 11 is 1.41. The highest BCUT2D eigenvalue weighted by Crippen LogP contribution is 2.38. The third-order valence-electron chi connectivity index (χ3n) is 6.40. The molecule has 0 bridgehead atoms. The summed E-state index contributed by atoms with van der Waals surface area (Å²) in [5.41, 5.74) is 6.79. The molecule has 2 aliphatic carbocycles. The van der Waals surface area contributed by atoms with Crippen LogP contribution in [0.4, 0.5) is 10.5 Å². The van der Waals surface area contributed by atoms with Crippen LogP contribution in [0.3, 0.4) is 0 Å². The number of anilines is 1. The number of hydrogen-bond acceptors (Lipinski definition) is 4. The SMILES string of the molecule is CN(CC1CCCCN1C)SNC(=O)Nc1c2c(cc3c1CCC3)CCC2. The first-order valence-corrected chi connectivity index (χ1v) is 11.2. The van der Waals surface area contributed by atoms with E-state index in [0.29, 0.717) is 6.04 Å². The third-order valence-corrected chi connectivity index (χ3v) is 7.13. The van der Waals surface area contributed by atoms with Gasteiger partial charge in [0, 0.05) is 30.4 Å². The number of rotatable bonds is 5. The molecule has 0 radical (unpaired) electrons. The molecule has 1 saturated heterocycles. The van der Waals surface area contributed by atoms with Crippen molar-refractivity contribution >= 4 is 23.9 Å². The standard InChI is InChI=1S/C21H32N4OS/c1-24-12-4-3-9-17(24)14-25(2)27-23-21(26)22-20-18-10-5-7-15(18)13-16-8-6-11-19(16)20/h13,17H,3-12,14H2,1-2H3,(H2,22,23,26). The highest BCUT2D eigenvalue weighted by atomic mass is 32.2. The van der Waals surface area contributed by atoms with Crippen LogP contribution in [-0.4, -0.2) is 48.5 Å². The number of carbonyl (C=O) groups excluding carboxylic acids is 1. The van der Waals surface area contributed by atoms with E-state index >= 15 is 0 Å². The molecule has 1 aromatic carbocycles. The number of likely N-dealkylation sites (N-methyl/N-ethyl adjacent to an activating group) is 2. The second kappa shape index (κ2) is 8.41. The molecule has 5 nitrogen and oxygen atoms in total. The van der Waals surface area contributed by atoms with Gasteiger partial charge in [0.05, 0.1) is 0 Å². The second-order valence-electron chi connectivity index (χ2n) is 8.32. The lowest BCUT2D eigenvalue weighted by Crippen LogP contribution is -2.43. The van der Waals surface area contributed by atoms with Gasteiger partial charge in [-0.2, -0.15) is 0 Å². The average Bonchev–Trinajstić information content (AvgIpc) is 3.31. The first kappa shape index (κ1) is 19.1. The maximum absolute atomic E-state index is 12.6. The fourth-order valence-corrected chi connectivity index (χ4v) is 5.47. The average molecular weight is 389 g/mol. The molecule has 27 heavy (non-hydrogen) atoms. The summed E-state index contributed by atoms with van der Waals surface area (Å²) < 4.78 is 5.14. The van der Waals surface area contributed by atoms with Gasteiger partial charge in [-0.1, -0.05) is 12.5 Å². The minimum Gasteiger partial charge on any atom is -0.307 e. The number of likely N-dealkylation sites (tertiary alicyclic amines) is 1. The van der Waals surface area contributed by atoms with Crippen molar-refractivity contribution in [3.8, 4) is 0 Å². The first-order chi connectivity index (χ1) is 13.1. The second-order valence-corrected chi connectivity index (χ2v) is 9.33. The lowest BCUT2D eigenvalue weighted by Gasteiger charge is -2.34. The lowest BCUT2D eigenvalue weighted by atomic mass is 9.99. The molecule has 1 aliphatic heterocycles. The summed E-state index contributed by atoms with van der Waals surface area (Å²) in [6, 6.07) is 2.89. The Hall–Kier alpha value is -1.24. The van der Waals surface area contributed by atoms with Gasteiger partial charge in [0.25, 0.3) is 0 Å². The molecule has 0 aromatic heterocycles. The zero-order valence-corrected chi connectivity index (χ0v) is 17.5. The van der Waals surface area contributed by atoms with Crippen LogP contribution in [-0.2, 0) is 25.7 Å². The zero-order chi connectivity index (χ0) is 18.8. The van der Waals surface area contributed by atoms with Crippen LogP contribution in [0.5, 0.6) is 0 Å². The lowest BCUT2D eigenvalue weighted by molar-refractivity contribution is 0.168. The van der Waals surface area contributed by atoms with Gasteiger partial charge >= 0.3 is 6.03 Å². The molecule has 2 amide bonds. The van der Waals surface area contributed by atoms with Crippen molar-refractivity contribution in [1.29, 1.82) is 0 Å². The minimum absolute atomic E-state index is 0.0988. The summed E-state index contributed by atoms with van der Waals surface area (Å²) in [5.74, 6) is 0. The molecular formula is C21H32N4OS. The maximum Gasteiger partial charge on any atom is 0.330 e. The smallest absolute Gasteiger partial charge is 0.307 e. The van der Waals surface area contributed by atoms with Crippen molar-refractivity contribution in [2.75, 3.05) is 32.5 Å². The van der Waals surface area contributed by atoms with E-state index in [9.17, 15) is 4.79 Å². The summed E-state index contributed by atoms with van der Waals surface area (Å²) in [4.78, 5) is 15.0. The molecule has 0 saturated carbocycles. The molecular weight excluding hydrogens is 356 g/mol. The molecule has 6 heteroatoms. The van der Waals surface area contributed by atoms with Gasteiger partial charge in [-0.25, -0.2) is 9.10 Å². The molecule has 1 fully saturated rings. The predicted molar refractivity (Wildman–Crippen MR) is 113 cm³/mol. The maximum atomic E-state index is 12.6. The Labute approximate surface area is 167 Å². The Kier molecular flexibility index (Phi) is 5.95. The number of fused-ring (bicyclic) bond motifs is 2. The van der Waals surface area contributed by atoms with Gasteiger partial charge < -0.3 is 10.2 Å². The van der Waals surface area contributed by atoms with Crippen molar-refractivity contribution in [1.82, 2.24) is 13.9 Å². The van der Waals surface area contributed by atoms with Crippen molar-refractivity contribution in [2.45, 2.75) is 63.8 Å². The number of aryl methyl sites for hydroxylation is 2. The Morgan fingerprint density at radius 1 is 1.15 bits per heavy atom. The van der Waals surface area contributed by atoms with Crippen molar-refractivity contribution < 1.29 is 4.79 Å². The van der Waals surface area contributed by atoms with E-state index in [1.54, 1.807) is 0 Å². The van der Waals surface area contributed by atoms with Crippen LogP contribution in [0.15, 0.2) is 6.07 Å². The zero-order valence-electron chi connectivity index (χ0n) is 16.6. The molecule has 0 spiro atoms. The highest BCUT2D eigenvalue weighted by molar-refractivity contribution is 7.95. The van der Waals surface area contributed by atoms with Gasteiger partial charge in [0.2, 0.25) is 0 Å². The van der Waals surface area contributed by atoms with Crippen molar-refractivity contribution in [3.63, 3.8) is 0 Å². The van der Waals surface area contributed by atoms with Gasteiger partial charge in [0.15, 0.2) is 0 Å². The quantitative estimate of drug-likeness (QED) is 0.754. The predicted octanol–water partition coefficient (Wildman–Crippen LogP) is 3.76. The van der Waals surface area contributed by atoms with E-state index in [0.717, 1.165) is 37.9 Å². The van der Waals surface area contributed by atoms with Crippen LogP contribution >= 0.6 is 12.1 Å². The number of amides is 2. The summed E-state index contributed by atoms with van der Waals surface area (Å²) in [6.45, 7) is 2.15. The van der Waals surface area contributed by atoms with Crippen LogP contribution in [0.2, 0.25) is 0 Å². The van der Waals surface area contributed by atoms with Crippen LogP contribution in [0, 0.1) is 0 Å². The number of benzene rings is 1. The molecule has 1 unspecified atom stereocenters. The van der Waals surface area contributed by atoms with Crippen LogP contribution < -0.4 is 10.0 Å². The van der Waals surface area contributed by atoms with Gasteiger partial charge in [0.1, 0.15) is 0 Å². The molecule has 1 aromatic rings. The first-order valence-electron chi connectivity index (χ1n) is 10.4. The molecule has 1 heterocycles. The number of nitrogens with zero attached hydrogens (tertiary/aromatic N) is 2. The van der Waals surface area contributed by atoms with E-state index in [2.05, 4.69) is 39.4 Å². The van der Waals surface area contributed by atoms with Crippen LogP contribution in [0.1, 0.15) is 54.4 Å². The topological polar surface area (TPSA) is 47.6 Å². The third kappa shape index (κ3) is 4.28. The van der Waals surface area contributed by atoms with E-state index in [4.69, 9.17) is 0 Å². The molecule has 2 N–H and O–H groups in total. The number of hydrogen-bond donors (Lipinski definition) is 2. The van der Waals surface area contributed by atoms with E-state index in [1.165, 1.54) is 73.0 Å². The number of urea groups is 1. The Balaban J connectivity index is 1.34. The normalized spacial score (nSPS) is 22.0. The van der Waals surface area contributed by atoms with E-state index < -0.39 is 0 Å². The summed E-state index contributed by atoms with van der Waals surface area (Å²) in [6.07, 6.45) is 10.8. The largest absolute Gasteiger partial charge is 0.330 e. The molecule has 148 valence electrons. The van der Waals surface area contributed by atoms with E-state index in [1.807, 2.05) is 0 Å². The van der Waals surface area contributed by atoms with Gasteiger partial charge in [-0.05, 0) is 94.3 Å². The summed E-state index contributed by atoms with van der Waals surface area (Å²) in [7, 11) is 4.27. The van der Waals surface area contributed by atoms with Gasteiger partial charge in [-0.3, -0.25) is 4.72 Å². The van der Waals surface area contributed by atoms with Crippen molar-refractivity contribution in [3.05, 3.63) is 28.3 Å². The van der Waals surface area contributed by atoms with Gasteiger partial charge in [-0.15, -0.1) is 0 Å². The number of piperidine rings is 1. The Bertz CT molecular complexity index is 676. The fourth-order valence-electron chi connectivity index (χ4n) is 4.93. The highest BCUT2D eigenvalue weighted by Gasteiger charge is 2.25. The summed E-state index contributed by atoms with van der Waals surface area (Å²) in [5, 5.41) is 3.20. The van der Waals surface area contributed by atoms with Crippen molar-refractivity contribution in [2.24, 2.45) is 0 Å². The molecule has 1 atom stereocenters. The Morgan fingerprint density at radius 3 is 2.52 bits per heavy atom. The van der Waals surface area contributed by atoms with E-state index in [-0.39, 0.29) is 6.03 Å². The molecule has 4 rings (SSSR count). The Morgan fingerprint density at radius 2 is 1.85 bits per heavy atom. The number of carbonyl (C=O) groups is 1. The molecule has 3 aliphatic rings. The van der Waals surface area contributed by atoms with Crippen LogP contribution in [0.25, 0.3) is 0 Å². The number of nitrogens with one attached hydrogen (secondary N) is 2. The monoisotopic (exact) mass is 388 g/mol.